The maximum atomic E-state index is 9.80. The van der Waals surface area contributed by atoms with Crippen LogP contribution in [0.2, 0.25) is 0 Å². The second-order valence-electron chi connectivity index (χ2n) is 1.70. The SMILES string of the molecule is C=CCNC(C)NC=O. The number of carbonyl (C=O) groups excluding carboxylic acids is 1. The molecule has 0 aromatic rings. The summed E-state index contributed by atoms with van der Waals surface area (Å²) in [7, 11) is 0. The fourth-order valence-electron chi connectivity index (χ4n) is 0.421. The minimum Gasteiger partial charge on any atom is -0.344 e. The highest BCUT2D eigenvalue weighted by Crippen LogP contribution is 1.69. The smallest absolute Gasteiger partial charge is 0.208 e. The Kier molecular flexibility index (Phi) is 4.82. The average molecular weight is 128 g/mol. The molecule has 3 heteroatoms. The Hall–Kier alpha value is -0.830. The van der Waals surface area contributed by atoms with E-state index in [9.17, 15) is 4.79 Å². The van der Waals surface area contributed by atoms with Gasteiger partial charge in [-0.2, -0.15) is 0 Å². The van der Waals surface area contributed by atoms with Crippen LogP contribution in [0.4, 0.5) is 0 Å². The summed E-state index contributed by atoms with van der Waals surface area (Å²) in [4.78, 5) is 9.80. The largest absolute Gasteiger partial charge is 0.344 e. The first-order valence-corrected chi connectivity index (χ1v) is 2.85. The Bertz CT molecular complexity index is 93.1. The molecule has 0 fully saturated rings. The summed E-state index contributed by atoms with van der Waals surface area (Å²) in [5.74, 6) is 0. The minimum absolute atomic E-state index is 0.0282. The molecule has 1 atom stereocenters. The van der Waals surface area contributed by atoms with Gasteiger partial charge in [0.25, 0.3) is 0 Å². The van der Waals surface area contributed by atoms with Crippen molar-refractivity contribution in [3.05, 3.63) is 12.7 Å². The first-order valence-electron chi connectivity index (χ1n) is 2.85. The van der Waals surface area contributed by atoms with Crippen molar-refractivity contribution >= 4 is 6.41 Å². The van der Waals surface area contributed by atoms with Gasteiger partial charge in [0.1, 0.15) is 0 Å². The average Bonchev–Trinajstić information content (AvgIpc) is 1.85. The van der Waals surface area contributed by atoms with Crippen molar-refractivity contribution in [3.8, 4) is 0 Å². The van der Waals surface area contributed by atoms with E-state index >= 15 is 0 Å². The number of hydrogen-bond acceptors (Lipinski definition) is 2. The van der Waals surface area contributed by atoms with Crippen LogP contribution >= 0.6 is 0 Å². The molecule has 0 spiro atoms. The monoisotopic (exact) mass is 128 g/mol. The molecular weight excluding hydrogens is 116 g/mol. The molecule has 3 nitrogen and oxygen atoms in total. The van der Waals surface area contributed by atoms with E-state index in [2.05, 4.69) is 17.2 Å². The summed E-state index contributed by atoms with van der Waals surface area (Å²) < 4.78 is 0. The van der Waals surface area contributed by atoms with E-state index in [1.807, 2.05) is 6.92 Å². The highest BCUT2D eigenvalue weighted by atomic mass is 16.1. The summed E-state index contributed by atoms with van der Waals surface area (Å²) >= 11 is 0. The van der Waals surface area contributed by atoms with E-state index in [0.29, 0.717) is 13.0 Å². The Labute approximate surface area is 55.1 Å². The zero-order chi connectivity index (χ0) is 7.11. The van der Waals surface area contributed by atoms with Crippen molar-refractivity contribution in [2.45, 2.75) is 13.1 Å². The van der Waals surface area contributed by atoms with Crippen molar-refractivity contribution in [1.82, 2.24) is 10.6 Å². The van der Waals surface area contributed by atoms with Gasteiger partial charge in [-0.3, -0.25) is 10.1 Å². The van der Waals surface area contributed by atoms with Gasteiger partial charge in [0.05, 0.1) is 6.17 Å². The van der Waals surface area contributed by atoms with Gasteiger partial charge < -0.3 is 5.32 Å². The van der Waals surface area contributed by atoms with E-state index in [1.54, 1.807) is 6.08 Å². The Balaban J connectivity index is 3.14. The van der Waals surface area contributed by atoms with Crippen molar-refractivity contribution in [1.29, 1.82) is 0 Å². The molecule has 0 aliphatic rings. The van der Waals surface area contributed by atoms with Crippen molar-refractivity contribution in [2.75, 3.05) is 6.54 Å². The molecule has 52 valence electrons. The molecule has 0 saturated heterocycles. The lowest BCUT2D eigenvalue weighted by Gasteiger charge is -2.09. The number of carbonyl (C=O) groups is 1. The lowest BCUT2D eigenvalue weighted by Crippen LogP contribution is -2.38. The van der Waals surface area contributed by atoms with Crippen molar-refractivity contribution in [2.24, 2.45) is 0 Å². The Morgan fingerprint density at radius 3 is 2.89 bits per heavy atom. The molecule has 0 aromatic carbocycles. The molecule has 1 unspecified atom stereocenters. The third-order valence-corrected chi connectivity index (χ3v) is 0.886. The fourth-order valence-corrected chi connectivity index (χ4v) is 0.421. The topological polar surface area (TPSA) is 41.1 Å². The van der Waals surface area contributed by atoms with Gasteiger partial charge in [0, 0.05) is 6.54 Å². The van der Waals surface area contributed by atoms with Crippen LogP contribution < -0.4 is 10.6 Å². The molecular formula is C6H12N2O. The molecule has 0 rings (SSSR count). The van der Waals surface area contributed by atoms with Crippen molar-refractivity contribution < 1.29 is 4.79 Å². The van der Waals surface area contributed by atoms with Gasteiger partial charge in [-0.1, -0.05) is 6.08 Å². The quantitative estimate of drug-likeness (QED) is 0.307. The summed E-state index contributed by atoms with van der Waals surface area (Å²) in [6, 6.07) is 0. The fraction of sp³-hybridized carbons (Fsp3) is 0.500. The lowest BCUT2D eigenvalue weighted by molar-refractivity contribution is -0.110. The predicted molar refractivity (Wildman–Crippen MR) is 36.9 cm³/mol. The molecule has 0 heterocycles. The maximum Gasteiger partial charge on any atom is 0.208 e. The number of amides is 1. The third kappa shape index (κ3) is 5.03. The van der Waals surface area contributed by atoms with Gasteiger partial charge in [0.2, 0.25) is 6.41 Å². The molecule has 0 radical (unpaired) electrons. The summed E-state index contributed by atoms with van der Waals surface area (Å²) in [5, 5.41) is 5.51. The van der Waals surface area contributed by atoms with Gasteiger partial charge in [-0.15, -0.1) is 6.58 Å². The van der Waals surface area contributed by atoms with E-state index in [-0.39, 0.29) is 6.17 Å². The molecule has 0 aromatic heterocycles. The van der Waals surface area contributed by atoms with Gasteiger partial charge in [0.15, 0.2) is 0 Å². The van der Waals surface area contributed by atoms with Crippen LogP contribution in [-0.4, -0.2) is 19.1 Å². The summed E-state index contributed by atoms with van der Waals surface area (Å²) in [6.07, 6.45) is 2.43. The number of rotatable bonds is 5. The van der Waals surface area contributed by atoms with E-state index < -0.39 is 0 Å². The zero-order valence-electron chi connectivity index (χ0n) is 5.55. The molecule has 0 saturated carbocycles. The normalized spacial score (nSPS) is 12.1. The number of hydrogen-bond donors (Lipinski definition) is 2. The van der Waals surface area contributed by atoms with E-state index in [0.717, 1.165) is 0 Å². The Morgan fingerprint density at radius 1 is 1.78 bits per heavy atom. The molecule has 1 amide bonds. The highest BCUT2D eigenvalue weighted by molar-refractivity contribution is 5.46. The summed E-state index contributed by atoms with van der Waals surface area (Å²) in [6.45, 7) is 6.08. The third-order valence-electron chi connectivity index (χ3n) is 0.886. The van der Waals surface area contributed by atoms with Crippen LogP contribution in [0.5, 0.6) is 0 Å². The highest BCUT2D eigenvalue weighted by Gasteiger charge is 1.92. The van der Waals surface area contributed by atoms with Crippen LogP contribution in [0, 0.1) is 0 Å². The second-order valence-corrected chi connectivity index (χ2v) is 1.70. The standard InChI is InChI=1S/C6H12N2O/c1-3-4-7-6(2)8-5-9/h3,5-7H,1,4H2,2H3,(H,8,9). The van der Waals surface area contributed by atoms with Crippen LogP contribution in [0.1, 0.15) is 6.92 Å². The summed E-state index contributed by atoms with van der Waals surface area (Å²) in [5.41, 5.74) is 0. The van der Waals surface area contributed by atoms with Gasteiger partial charge >= 0.3 is 0 Å². The first-order chi connectivity index (χ1) is 4.31. The first kappa shape index (κ1) is 8.17. The van der Waals surface area contributed by atoms with Crippen LogP contribution in [0.15, 0.2) is 12.7 Å². The van der Waals surface area contributed by atoms with E-state index in [4.69, 9.17) is 0 Å². The van der Waals surface area contributed by atoms with Crippen molar-refractivity contribution in [3.63, 3.8) is 0 Å². The number of nitrogens with one attached hydrogen (secondary N) is 2. The lowest BCUT2D eigenvalue weighted by atomic mass is 10.5. The molecule has 0 bridgehead atoms. The molecule has 2 N–H and O–H groups in total. The minimum atomic E-state index is 0.0282. The molecule has 0 aliphatic heterocycles. The molecule has 9 heavy (non-hydrogen) atoms. The van der Waals surface area contributed by atoms with Crippen LogP contribution in [0.25, 0.3) is 0 Å². The zero-order valence-corrected chi connectivity index (χ0v) is 5.55. The second kappa shape index (κ2) is 5.31. The van der Waals surface area contributed by atoms with E-state index in [1.165, 1.54) is 0 Å². The maximum absolute atomic E-state index is 9.80. The van der Waals surface area contributed by atoms with Crippen LogP contribution in [0.3, 0.4) is 0 Å². The van der Waals surface area contributed by atoms with Gasteiger partial charge in [-0.25, -0.2) is 0 Å². The predicted octanol–water partition coefficient (Wildman–Crippen LogP) is -0.146. The van der Waals surface area contributed by atoms with Gasteiger partial charge in [-0.05, 0) is 6.92 Å². The molecule has 0 aliphatic carbocycles. The van der Waals surface area contributed by atoms with Crippen LogP contribution in [-0.2, 0) is 4.79 Å². The Morgan fingerprint density at radius 2 is 2.44 bits per heavy atom.